The molecule has 6 nitrogen and oxygen atoms in total. The highest BCUT2D eigenvalue weighted by atomic mass is 32.1. The van der Waals surface area contributed by atoms with Crippen molar-refractivity contribution in [1.29, 1.82) is 0 Å². The van der Waals surface area contributed by atoms with Crippen molar-refractivity contribution in [3.8, 4) is 0 Å². The molecule has 1 aromatic heterocycles. The molecule has 122 valence electrons. The highest BCUT2D eigenvalue weighted by Crippen LogP contribution is 2.28. The number of anilines is 1. The number of hydrogen-bond acceptors (Lipinski definition) is 5. The van der Waals surface area contributed by atoms with Gasteiger partial charge in [-0.3, -0.25) is 5.32 Å². The molecule has 1 aliphatic heterocycles. The van der Waals surface area contributed by atoms with Crippen molar-refractivity contribution in [2.45, 2.75) is 50.5 Å². The average molecular weight is 325 g/mol. The summed E-state index contributed by atoms with van der Waals surface area (Å²) >= 11 is 1.57. The maximum atomic E-state index is 12.0. The minimum atomic E-state index is -0.935. The molecule has 1 fully saturated rings. The van der Waals surface area contributed by atoms with Crippen LogP contribution in [0.25, 0.3) is 0 Å². The molecule has 3 rings (SSSR count). The summed E-state index contributed by atoms with van der Waals surface area (Å²) in [5.41, 5.74) is 0.206. The van der Waals surface area contributed by atoms with Crippen LogP contribution >= 0.6 is 11.3 Å². The van der Waals surface area contributed by atoms with E-state index in [-0.39, 0.29) is 19.2 Å². The lowest BCUT2D eigenvalue weighted by molar-refractivity contribution is 0.0295. The molecule has 2 aliphatic rings. The maximum absolute atomic E-state index is 12.0. The second-order valence-electron chi connectivity index (χ2n) is 6.14. The Morgan fingerprint density at radius 1 is 1.32 bits per heavy atom. The van der Waals surface area contributed by atoms with E-state index in [0.717, 1.165) is 18.5 Å². The van der Waals surface area contributed by atoms with E-state index >= 15 is 0 Å². The summed E-state index contributed by atoms with van der Waals surface area (Å²) in [7, 11) is 0. The summed E-state index contributed by atoms with van der Waals surface area (Å²) in [6, 6.07) is -0.318. The van der Waals surface area contributed by atoms with Crippen LogP contribution in [0.2, 0.25) is 0 Å². The first kappa shape index (κ1) is 15.7. The molecule has 1 aliphatic carbocycles. The van der Waals surface area contributed by atoms with Gasteiger partial charge in [0.1, 0.15) is 5.60 Å². The SMILES string of the molecule is O=C(NCC1(O)CCOC1)Nc1nc2c(s1)CCCCCC2. The van der Waals surface area contributed by atoms with Gasteiger partial charge >= 0.3 is 6.03 Å². The minimum absolute atomic E-state index is 0.198. The van der Waals surface area contributed by atoms with Gasteiger partial charge in [0.2, 0.25) is 0 Å². The number of carbonyl (C=O) groups excluding carboxylic acids is 1. The smallest absolute Gasteiger partial charge is 0.321 e. The maximum Gasteiger partial charge on any atom is 0.321 e. The van der Waals surface area contributed by atoms with Gasteiger partial charge < -0.3 is 15.2 Å². The molecule has 2 heterocycles. The van der Waals surface area contributed by atoms with Gasteiger partial charge in [0.25, 0.3) is 0 Å². The highest BCUT2D eigenvalue weighted by Gasteiger charge is 2.32. The fraction of sp³-hybridized carbons (Fsp3) is 0.733. The number of urea groups is 1. The van der Waals surface area contributed by atoms with Gasteiger partial charge in [-0.05, 0) is 25.7 Å². The van der Waals surface area contributed by atoms with Crippen LogP contribution in [0, 0.1) is 0 Å². The number of aryl methyl sites for hydroxylation is 2. The van der Waals surface area contributed by atoms with Gasteiger partial charge in [0.15, 0.2) is 5.13 Å². The molecule has 0 aromatic carbocycles. The Morgan fingerprint density at radius 2 is 2.14 bits per heavy atom. The van der Waals surface area contributed by atoms with Crippen LogP contribution in [-0.4, -0.2) is 41.5 Å². The van der Waals surface area contributed by atoms with Crippen molar-refractivity contribution in [2.24, 2.45) is 0 Å². The van der Waals surface area contributed by atoms with E-state index in [9.17, 15) is 9.90 Å². The molecule has 0 radical (unpaired) electrons. The Kier molecular flexibility index (Phi) is 4.95. The molecule has 1 aromatic rings. The molecule has 0 spiro atoms. The predicted molar refractivity (Wildman–Crippen MR) is 85.4 cm³/mol. The third-order valence-corrected chi connectivity index (χ3v) is 5.30. The van der Waals surface area contributed by atoms with Gasteiger partial charge in [0, 0.05) is 17.9 Å². The van der Waals surface area contributed by atoms with Crippen molar-refractivity contribution in [2.75, 3.05) is 25.1 Å². The van der Waals surface area contributed by atoms with Crippen LogP contribution < -0.4 is 10.6 Å². The third kappa shape index (κ3) is 3.97. The van der Waals surface area contributed by atoms with Crippen LogP contribution in [0.3, 0.4) is 0 Å². The van der Waals surface area contributed by atoms with Crippen molar-refractivity contribution < 1.29 is 14.6 Å². The second-order valence-corrected chi connectivity index (χ2v) is 7.22. The Bertz CT molecular complexity index is 501. The molecule has 1 atom stereocenters. The van der Waals surface area contributed by atoms with Crippen molar-refractivity contribution >= 4 is 22.5 Å². The number of aliphatic hydroxyl groups is 1. The molecule has 1 saturated heterocycles. The van der Waals surface area contributed by atoms with Crippen LogP contribution in [0.5, 0.6) is 0 Å². The number of hydrogen-bond donors (Lipinski definition) is 3. The fourth-order valence-corrected chi connectivity index (χ4v) is 3.93. The zero-order valence-corrected chi connectivity index (χ0v) is 13.5. The lowest BCUT2D eigenvalue weighted by Crippen LogP contribution is -2.44. The van der Waals surface area contributed by atoms with Crippen LogP contribution in [0.1, 0.15) is 42.7 Å². The van der Waals surface area contributed by atoms with E-state index in [1.54, 1.807) is 11.3 Å². The second kappa shape index (κ2) is 6.93. The van der Waals surface area contributed by atoms with Gasteiger partial charge in [-0.1, -0.05) is 12.8 Å². The Balaban J connectivity index is 1.54. The quantitative estimate of drug-likeness (QED) is 0.794. The Labute approximate surface area is 134 Å². The molecule has 7 heteroatoms. The lowest BCUT2D eigenvalue weighted by atomic mass is 10.0. The van der Waals surface area contributed by atoms with Crippen molar-refractivity contribution in [1.82, 2.24) is 10.3 Å². The number of ether oxygens (including phenoxy) is 1. The largest absolute Gasteiger partial charge is 0.386 e. The number of fused-ring (bicyclic) bond motifs is 1. The molecule has 0 bridgehead atoms. The molecule has 1 unspecified atom stereocenters. The first-order chi connectivity index (χ1) is 10.6. The average Bonchev–Trinajstić information content (AvgIpc) is 3.05. The zero-order chi connectivity index (χ0) is 15.4. The number of aromatic nitrogens is 1. The first-order valence-electron chi connectivity index (χ1n) is 7.98. The number of nitrogens with one attached hydrogen (secondary N) is 2. The topological polar surface area (TPSA) is 83.5 Å². The number of thiazole rings is 1. The zero-order valence-electron chi connectivity index (χ0n) is 12.7. The van der Waals surface area contributed by atoms with Crippen molar-refractivity contribution in [3.63, 3.8) is 0 Å². The fourth-order valence-electron chi connectivity index (χ4n) is 2.88. The molecule has 0 saturated carbocycles. The normalized spacial score (nSPS) is 25.1. The number of rotatable bonds is 3. The Hall–Kier alpha value is -1.18. The van der Waals surface area contributed by atoms with E-state index < -0.39 is 5.60 Å². The monoisotopic (exact) mass is 325 g/mol. The highest BCUT2D eigenvalue weighted by molar-refractivity contribution is 7.15. The number of nitrogens with zero attached hydrogens (tertiary/aromatic N) is 1. The first-order valence-corrected chi connectivity index (χ1v) is 8.80. The van der Waals surface area contributed by atoms with Crippen molar-refractivity contribution in [3.05, 3.63) is 10.6 Å². The van der Waals surface area contributed by atoms with Gasteiger partial charge in [0.05, 0.1) is 18.8 Å². The number of carbonyl (C=O) groups is 1. The molecule has 22 heavy (non-hydrogen) atoms. The van der Waals surface area contributed by atoms with Crippen LogP contribution in [0.15, 0.2) is 0 Å². The lowest BCUT2D eigenvalue weighted by Gasteiger charge is -2.20. The summed E-state index contributed by atoms with van der Waals surface area (Å²) < 4.78 is 5.16. The van der Waals surface area contributed by atoms with Crippen LogP contribution in [0.4, 0.5) is 9.93 Å². The molecule has 2 amide bonds. The third-order valence-electron chi connectivity index (χ3n) is 4.23. The van der Waals surface area contributed by atoms with Gasteiger partial charge in [-0.25, -0.2) is 9.78 Å². The van der Waals surface area contributed by atoms with Gasteiger partial charge in [-0.2, -0.15) is 0 Å². The van der Waals surface area contributed by atoms with E-state index in [0.29, 0.717) is 18.2 Å². The van der Waals surface area contributed by atoms with E-state index in [1.165, 1.54) is 30.6 Å². The predicted octanol–water partition coefficient (Wildman–Crippen LogP) is 2.07. The van der Waals surface area contributed by atoms with E-state index in [4.69, 9.17) is 4.74 Å². The standard InChI is InChI=1S/C15H23N3O3S/c19-13(16-9-15(20)7-8-21-10-15)18-14-17-11-5-3-1-2-4-6-12(11)22-14/h20H,1-10H2,(H2,16,17,18,19). The van der Waals surface area contributed by atoms with E-state index in [1.807, 2.05) is 0 Å². The summed E-state index contributed by atoms with van der Waals surface area (Å²) in [5.74, 6) is 0. The van der Waals surface area contributed by atoms with E-state index in [2.05, 4.69) is 15.6 Å². The summed E-state index contributed by atoms with van der Waals surface area (Å²) in [6.45, 7) is 1.02. The number of amides is 2. The van der Waals surface area contributed by atoms with Gasteiger partial charge in [-0.15, -0.1) is 11.3 Å². The summed E-state index contributed by atoms with van der Waals surface area (Å²) in [5, 5.41) is 16.3. The van der Waals surface area contributed by atoms with Crippen LogP contribution in [-0.2, 0) is 17.6 Å². The minimum Gasteiger partial charge on any atom is -0.386 e. The summed E-state index contributed by atoms with van der Waals surface area (Å²) in [6.07, 6.45) is 7.55. The molecular formula is C15H23N3O3S. The Morgan fingerprint density at radius 3 is 2.91 bits per heavy atom. The summed E-state index contributed by atoms with van der Waals surface area (Å²) in [4.78, 5) is 17.8. The molecular weight excluding hydrogens is 302 g/mol. The molecule has 3 N–H and O–H groups in total.